The van der Waals surface area contributed by atoms with Crippen molar-refractivity contribution in [1.29, 1.82) is 0 Å². The molecule has 0 unspecified atom stereocenters. The lowest BCUT2D eigenvalue weighted by Crippen LogP contribution is -2.37. The van der Waals surface area contributed by atoms with Crippen molar-refractivity contribution >= 4 is 12.0 Å². The van der Waals surface area contributed by atoms with Crippen molar-refractivity contribution in [1.82, 2.24) is 25.2 Å². The van der Waals surface area contributed by atoms with Gasteiger partial charge in [-0.05, 0) is 6.92 Å². The van der Waals surface area contributed by atoms with Crippen LogP contribution in [0.5, 0.6) is 0 Å². The molecule has 0 radical (unpaired) electrons. The van der Waals surface area contributed by atoms with Gasteiger partial charge in [-0.2, -0.15) is 0 Å². The third kappa shape index (κ3) is 5.19. The Bertz CT molecular complexity index is 482. The molecule has 19 heavy (non-hydrogen) atoms. The second kappa shape index (κ2) is 6.53. The van der Waals surface area contributed by atoms with Gasteiger partial charge in [0, 0.05) is 13.6 Å². The second-order valence-electron chi connectivity index (χ2n) is 4.27. The molecule has 0 saturated heterocycles. The summed E-state index contributed by atoms with van der Waals surface area (Å²) in [6, 6.07) is -0.254. The molecule has 0 aromatic carbocycles. The predicted molar refractivity (Wildman–Crippen MR) is 67.3 cm³/mol. The molecule has 1 aromatic rings. The molecule has 1 heterocycles. The lowest BCUT2D eigenvalue weighted by Gasteiger charge is -2.17. The van der Waals surface area contributed by atoms with Crippen LogP contribution in [-0.2, 0) is 17.9 Å². The van der Waals surface area contributed by atoms with Crippen LogP contribution in [0.1, 0.15) is 12.6 Å². The van der Waals surface area contributed by atoms with Crippen molar-refractivity contribution in [2.75, 3.05) is 13.6 Å². The van der Waals surface area contributed by atoms with Gasteiger partial charge in [-0.15, -0.1) is 5.10 Å². The monoisotopic (exact) mass is 267 g/mol. The fraction of sp³-hybridized carbons (Fsp3) is 0.455. The van der Waals surface area contributed by atoms with Crippen LogP contribution >= 0.6 is 0 Å². The minimum atomic E-state index is -0.998. The highest BCUT2D eigenvalue weighted by atomic mass is 16.4. The van der Waals surface area contributed by atoms with Crippen molar-refractivity contribution in [3.05, 3.63) is 24.0 Å². The first-order valence-electron chi connectivity index (χ1n) is 5.62. The second-order valence-corrected chi connectivity index (χ2v) is 4.27. The first-order valence-corrected chi connectivity index (χ1v) is 5.62. The minimum absolute atomic E-state index is 0.193. The summed E-state index contributed by atoms with van der Waals surface area (Å²) < 4.78 is 1.20. The Kier molecular flexibility index (Phi) is 5.04. The molecule has 0 saturated carbocycles. The number of rotatable bonds is 6. The summed E-state index contributed by atoms with van der Waals surface area (Å²) >= 11 is 0. The maximum Gasteiger partial charge on any atom is 0.325 e. The number of carbonyl (C=O) groups is 2. The number of likely N-dealkylation sites (N-methyl/N-ethyl adjacent to an activating group) is 1. The summed E-state index contributed by atoms with van der Waals surface area (Å²) in [5.41, 5.74) is 1.38. The van der Waals surface area contributed by atoms with Crippen LogP contribution in [0.25, 0.3) is 0 Å². The normalized spacial score (nSPS) is 10.0. The number of nitrogens with zero attached hydrogens (tertiary/aromatic N) is 4. The molecule has 0 aliphatic heterocycles. The molecule has 1 aromatic heterocycles. The SMILES string of the molecule is C=C(C)CN(C)C(=O)NCc1cn(CC(=O)O)nn1. The van der Waals surface area contributed by atoms with E-state index in [0.29, 0.717) is 12.2 Å². The Hall–Kier alpha value is -2.38. The molecule has 0 spiro atoms. The van der Waals surface area contributed by atoms with E-state index >= 15 is 0 Å². The van der Waals surface area contributed by atoms with Gasteiger partial charge in [0.1, 0.15) is 12.2 Å². The Morgan fingerprint density at radius 1 is 1.58 bits per heavy atom. The van der Waals surface area contributed by atoms with Gasteiger partial charge in [-0.25, -0.2) is 9.48 Å². The van der Waals surface area contributed by atoms with Crippen LogP contribution in [0, 0.1) is 0 Å². The number of carbonyl (C=O) groups excluding carboxylic acids is 1. The molecule has 2 N–H and O–H groups in total. The van der Waals surface area contributed by atoms with Crippen LogP contribution in [-0.4, -0.2) is 50.6 Å². The van der Waals surface area contributed by atoms with Gasteiger partial charge in [0.2, 0.25) is 0 Å². The van der Waals surface area contributed by atoms with Crippen LogP contribution in [0.4, 0.5) is 4.79 Å². The van der Waals surface area contributed by atoms with E-state index in [9.17, 15) is 9.59 Å². The van der Waals surface area contributed by atoms with Crippen LogP contribution in [0.2, 0.25) is 0 Å². The maximum atomic E-state index is 11.7. The van der Waals surface area contributed by atoms with E-state index in [1.165, 1.54) is 15.8 Å². The smallest absolute Gasteiger partial charge is 0.325 e. The quantitative estimate of drug-likeness (QED) is 0.711. The number of hydrogen-bond acceptors (Lipinski definition) is 4. The third-order valence-electron chi connectivity index (χ3n) is 2.16. The highest BCUT2D eigenvalue weighted by Crippen LogP contribution is 1.96. The molecule has 8 nitrogen and oxygen atoms in total. The highest BCUT2D eigenvalue weighted by molar-refractivity contribution is 5.74. The molecule has 0 aliphatic rings. The van der Waals surface area contributed by atoms with E-state index in [-0.39, 0.29) is 19.1 Å². The fourth-order valence-electron chi connectivity index (χ4n) is 1.41. The number of aromatic nitrogens is 3. The number of carboxylic acids is 1. The molecule has 104 valence electrons. The molecule has 8 heteroatoms. The molecule has 0 aliphatic carbocycles. The third-order valence-corrected chi connectivity index (χ3v) is 2.16. The van der Waals surface area contributed by atoms with Gasteiger partial charge < -0.3 is 15.3 Å². The molecule has 0 atom stereocenters. The van der Waals surface area contributed by atoms with Crippen LogP contribution in [0.15, 0.2) is 18.3 Å². The van der Waals surface area contributed by atoms with Gasteiger partial charge in [0.05, 0.1) is 12.7 Å². The average Bonchev–Trinajstić information content (AvgIpc) is 2.71. The van der Waals surface area contributed by atoms with Crippen LogP contribution in [0.3, 0.4) is 0 Å². The van der Waals surface area contributed by atoms with Crippen molar-refractivity contribution in [3.63, 3.8) is 0 Å². The molecule has 1 rings (SSSR count). The molecule has 2 amide bonds. The topological polar surface area (TPSA) is 100 Å². The number of hydrogen-bond donors (Lipinski definition) is 2. The van der Waals surface area contributed by atoms with E-state index in [1.54, 1.807) is 7.05 Å². The summed E-state index contributed by atoms with van der Waals surface area (Å²) in [6.45, 7) is 5.97. The zero-order chi connectivity index (χ0) is 14.4. The standard InChI is InChI=1S/C11H17N5O3/c1-8(2)5-15(3)11(19)12-4-9-6-16(14-13-9)7-10(17)18/h6H,1,4-5,7H2,2-3H3,(H,12,19)(H,17,18). The lowest BCUT2D eigenvalue weighted by molar-refractivity contribution is -0.137. The van der Waals surface area contributed by atoms with Crippen molar-refractivity contribution in [2.45, 2.75) is 20.0 Å². The van der Waals surface area contributed by atoms with Crippen molar-refractivity contribution < 1.29 is 14.7 Å². The maximum absolute atomic E-state index is 11.7. The summed E-state index contributed by atoms with van der Waals surface area (Å²) in [4.78, 5) is 23.6. The number of nitrogens with one attached hydrogen (secondary N) is 1. The molecule has 0 bridgehead atoms. The Morgan fingerprint density at radius 3 is 2.84 bits per heavy atom. The summed E-state index contributed by atoms with van der Waals surface area (Å²) in [7, 11) is 1.66. The van der Waals surface area contributed by atoms with Crippen molar-refractivity contribution in [2.24, 2.45) is 0 Å². The summed E-state index contributed by atoms with van der Waals surface area (Å²) in [5.74, 6) is -0.998. The van der Waals surface area contributed by atoms with E-state index in [4.69, 9.17) is 5.11 Å². The number of amides is 2. The summed E-state index contributed by atoms with van der Waals surface area (Å²) in [5, 5.41) is 18.6. The van der Waals surface area contributed by atoms with E-state index in [1.807, 2.05) is 6.92 Å². The Balaban J connectivity index is 2.43. The average molecular weight is 267 g/mol. The van der Waals surface area contributed by atoms with Gasteiger partial charge in [-0.1, -0.05) is 17.4 Å². The fourth-order valence-corrected chi connectivity index (χ4v) is 1.41. The highest BCUT2D eigenvalue weighted by Gasteiger charge is 2.09. The van der Waals surface area contributed by atoms with E-state index in [0.717, 1.165) is 5.57 Å². The largest absolute Gasteiger partial charge is 0.480 e. The van der Waals surface area contributed by atoms with Gasteiger partial charge >= 0.3 is 12.0 Å². The zero-order valence-electron chi connectivity index (χ0n) is 11.0. The van der Waals surface area contributed by atoms with Gasteiger partial charge in [0.25, 0.3) is 0 Å². The Morgan fingerprint density at radius 2 is 2.26 bits per heavy atom. The minimum Gasteiger partial charge on any atom is -0.480 e. The lowest BCUT2D eigenvalue weighted by atomic mass is 10.3. The molecule has 0 fully saturated rings. The van der Waals surface area contributed by atoms with E-state index < -0.39 is 5.97 Å². The zero-order valence-corrected chi connectivity index (χ0v) is 11.0. The molecular formula is C11H17N5O3. The molecular weight excluding hydrogens is 250 g/mol. The number of urea groups is 1. The predicted octanol–water partition coefficient (Wildman–Crippen LogP) is 0.0802. The first kappa shape index (κ1) is 14.7. The number of aliphatic carboxylic acids is 1. The van der Waals surface area contributed by atoms with Gasteiger partial charge in [-0.3, -0.25) is 4.79 Å². The van der Waals surface area contributed by atoms with Crippen LogP contribution < -0.4 is 5.32 Å². The summed E-state index contributed by atoms with van der Waals surface area (Å²) in [6.07, 6.45) is 1.48. The van der Waals surface area contributed by atoms with E-state index in [2.05, 4.69) is 22.2 Å². The van der Waals surface area contributed by atoms with Crippen molar-refractivity contribution in [3.8, 4) is 0 Å². The number of carboxylic acid groups (broad SMARTS) is 1. The Labute approximate surface area is 110 Å². The first-order chi connectivity index (χ1) is 8.88. The van der Waals surface area contributed by atoms with Gasteiger partial charge in [0.15, 0.2) is 0 Å².